The van der Waals surface area contributed by atoms with Crippen molar-refractivity contribution in [3.8, 4) is 11.4 Å². The zero-order chi connectivity index (χ0) is 28.4. The van der Waals surface area contributed by atoms with Crippen molar-refractivity contribution in [2.45, 2.75) is 39.0 Å². The number of nitrogens with one attached hydrogen (secondary N) is 1. The second-order valence-corrected chi connectivity index (χ2v) is 9.95. The van der Waals surface area contributed by atoms with Crippen LogP contribution in [0.3, 0.4) is 0 Å². The van der Waals surface area contributed by atoms with Gasteiger partial charge < -0.3 is 15.2 Å². The molecule has 39 heavy (non-hydrogen) atoms. The van der Waals surface area contributed by atoms with Crippen LogP contribution in [0.2, 0.25) is 0 Å². The summed E-state index contributed by atoms with van der Waals surface area (Å²) >= 11 is 0. The van der Waals surface area contributed by atoms with Gasteiger partial charge >= 0.3 is 11.7 Å². The van der Waals surface area contributed by atoms with Crippen molar-refractivity contribution in [3.63, 3.8) is 0 Å². The number of quaternary nitrogens is 1. The summed E-state index contributed by atoms with van der Waals surface area (Å²) in [5, 5.41) is 26.1. The first-order chi connectivity index (χ1) is 18.4. The number of hydrogen-bond acceptors (Lipinski definition) is 8. The summed E-state index contributed by atoms with van der Waals surface area (Å²) in [6, 6.07) is 7.26. The molecule has 3 aromatic rings. The van der Waals surface area contributed by atoms with E-state index >= 15 is 0 Å². The molecular weight excluding hydrogens is 500 g/mol. The van der Waals surface area contributed by atoms with E-state index in [-0.39, 0.29) is 22.6 Å². The first-order valence-electron chi connectivity index (χ1n) is 12.5. The van der Waals surface area contributed by atoms with Gasteiger partial charge in [0.1, 0.15) is 4.92 Å². The number of nitrogens with zero attached hydrogens (tertiary/aromatic N) is 4. The maximum Gasteiger partial charge on any atom is 0.364 e. The highest BCUT2D eigenvalue weighted by Gasteiger charge is 2.40. The molecule has 206 valence electrons. The van der Waals surface area contributed by atoms with Gasteiger partial charge in [0.2, 0.25) is 5.75 Å². The van der Waals surface area contributed by atoms with Crippen LogP contribution < -0.4 is 20.8 Å². The Morgan fingerprint density at radius 2 is 1.97 bits per heavy atom. The van der Waals surface area contributed by atoms with Gasteiger partial charge in [-0.05, 0) is 62.1 Å². The molecule has 1 aromatic carbocycles. The molecule has 4 rings (SSSR count). The molecule has 0 unspecified atom stereocenters. The number of anilines is 1. The van der Waals surface area contributed by atoms with Crippen LogP contribution in [-0.2, 0) is 14.9 Å². The number of aryl methyl sites for hydroxylation is 1. The molecule has 5 N–H and O–H groups in total. The van der Waals surface area contributed by atoms with Gasteiger partial charge in [0.25, 0.3) is 0 Å². The Labute approximate surface area is 227 Å². The molecule has 1 aliphatic heterocycles. The number of amides is 1. The summed E-state index contributed by atoms with van der Waals surface area (Å²) in [5.41, 5.74) is 12.4. The molecule has 0 spiro atoms. The quantitative estimate of drug-likeness (QED) is 0.147. The molecule has 0 saturated carbocycles. The molecule has 0 aliphatic carbocycles. The Kier molecular flexibility index (Phi) is 7.89. The third-order valence-electron chi connectivity index (χ3n) is 7.18. The number of carbonyl (C=O) groups excluding carboxylic acids is 1. The number of methoxy groups -OCH3 is 1. The summed E-state index contributed by atoms with van der Waals surface area (Å²) in [6.45, 7) is 11.0. The van der Waals surface area contributed by atoms with Crippen molar-refractivity contribution >= 4 is 23.5 Å². The molecule has 1 saturated heterocycles. The minimum atomic E-state index is -2.02. The number of pyridine rings is 1. The molecule has 2 aromatic heterocycles. The lowest BCUT2D eigenvalue weighted by molar-refractivity contribution is -0.320. The van der Waals surface area contributed by atoms with Gasteiger partial charge in [-0.15, -0.1) is 15.8 Å². The van der Waals surface area contributed by atoms with Crippen LogP contribution in [0.5, 0.6) is 5.75 Å². The zero-order valence-corrected chi connectivity index (χ0v) is 22.6. The van der Waals surface area contributed by atoms with Gasteiger partial charge in [-0.3, -0.25) is 4.79 Å². The maximum absolute atomic E-state index is 13.0. The lowest BCUT2D eigenvalue weighted by Gasteiger charge is -2.33. The van der Waals surface area contributed by atoms with Gasteiger partial charge in [-0.2, -0.15) is 10.1 Å². The molecule has 1 aliphatic rings. The van der Waals surface area contributed by atoms with E-state index in [2.05, 4.69) is 22.1 Å². The monoisotopic (exact) mass is 535 g/mol. The Hall–Kier alpha value is -4.03. The van der Waals surface area contributed by atoms with E-state index in [1.807, 2.05) is 32.9 Å². The Morgan fingerprint density at radius 1 is 1.26 bits per heavy atom. The number of nitrogens with two attached hydrogens (primary N) is 1. The SMILES string of the molecule is C=C(/C=C\c1c(-n2cc(N)cn2)ccc(C)c1C)C(=O)N[N+](O)(O)c1nc(C2(C)CCOCC2)ccc1OC. The second kappa shape index (κ2) is 11.0. The highest BCUT2D eigenvalue weighted by atomic mass is 16.9. The van der Waals surface area contributed by atoms with Crippen LogP contribution in [0.15, 0.2) is 54.9 Å². The smallest absolute Gasteiger partial charge is 0.364 e. The fraction of sp³-hybridized carbons (Fsp3) is 0.321. The number of rotatable bonds is 8. The summed E-state index contributed by atoms with van der Waals surface area (Å²) in [6.07, 6.45) is 7.92. The third-order valence-corrected chi connectivity index (χ3v) is 7.18. The van der Waals surface area contributed by atoms with Crippen molar-refractivity contribution in [2.24, 2.45) is 0 Å². The van der Waals surface area contributed by atoms with Crippen molar-refractivity contribution in [2.75, 3.05) is 26.1 Å². The van der Waals surface area contributed by atoms with E-state index in [9.17, 15) is 15.2 Å². The van der Waals surface area contributed by atoms with Gasteiger partial charge in [0, 0.05) is 29.8 Å². The molecular formula is C28H35N6O5+. The Balaban J connectivity index is 1.58. The van der Waals surface area contributed by atoms with Crippen molar-refractivity contribution in [3.05, 3.63) is 77.3 Å². The van der Waals surface area contributed by atoms with Gasteiger partial charge in [-0.25, -0.2) is 4.68 Å². The highest BCUT2D eigenvalue weighted by Crippen LogP contribution is 2.37. The number of nitrogen functional groups attached to an aromatic ring is 1. The molecule has 11 nitrogen and oxygen atoms in total. The lowest BCUT2D eigenvalue weighted by atomic mass is 9.79. The van der Waals surface area contributed by atoms with Gasteiger partial charge in [0.05, 0.1) is 36.6 Å². The second-order valence-electron chi connectivity index (χ2n) is 9.95. The summed E-state index contributed by atoms with van der Waals surface area (Å²) < 4.78 is 12.4. The van der Waals surface area contributed by atoms with Crippen LogP contribution in [0.1, 0.15) is 42.1 Å². The van der Waals surface area contributed by atoms with Crippen LogP contribution in [0, 0.1) is 13.8 Å². The average molecular weight is 536 g/mol. The standard InChI is InChI=1S/C28H34N6O5/c1-18-7-9-23(33-17-21(29)16-30-33)22(20(18)3)8-6-19(2)27(35)32-34(36,37)26-24(38-5)10-11-25(31-26)28(4)12-14-39-15-13-28/h6-11,16-17,36-37H,2,12-15,29H2,1,3-5H3/p+1/b8-6-. The lowest BCUT2D eigenvalue weighted by Crippen LogP contribution is -2.57. The summed E-state index contributed by atoms with van der Waals surface area (Å²) in [5.74, 6) is -1.00. The van der Waals surface area contributed by atoms with E-state index in [1.165, 1.54) is 13.2 Å². The summed E-state index contributed by atoms with van der Waals surface area (Å²) in [7, 11) is 1.38. The molecule has 11 heteroatoms. The van der Waals surface area contributed by atoms with Crippen molar-refractivity contribution in [1.82, 2.24) is 25.1 Å². The number of ether oxygens (including phenoxy) is 2. The molecule has 0 atom stereocenters. The molecule has 1 fully saturated rings. The molecule has 3 heterocycles. The number of aromatic nitrogens is 3. The molecule has 0 radical (unpaired) electrons. The number of benzene rings is 1. The minimum absolute atomic E-state index is 0.0149. The van der Waals surface area contributed by atoms with E-state index in [0.717, 1.165) is 35.2 Å². The normalized spacial score (nSPS) is 15.3. The molecule has 0 bridgehead atoms. The van der Waals surface area contributed by atoms with Gasteiger partial charge in [-0.1, -0.05) is 25.6 Å². The van der Waals surface area contributed by atoms with E-state index < -0.39 is 10.8 Å². The van der Waals surface area contributed by atoms with E-state index in [0.29, 0.717) is 24.6 Å². The van der Waals surface area contributed by atoms with Crippen molar-refractivity contribution < 1.29 is 24.7 Å². The zero-order valence-electron chi connectivity index (χ0n) is 22.6. The Bertz CT molecular complexity index is 1420. The minimum Gasteiger partial charge on any atom is -0.489 e. The highest BCUT2D eigenvalue weighted by molar-refractivity contribution is 5.97. The van der Waals surface area contributed by atoms with E-state index in [4.69, 9.17) is 15.2 Å². The van der Waals surface area contributed by atoms with E-state index in [1.54, 1.807) is 35.3 Å². The third kappa shape index (κ3) is 5.86. The topological polar surface area (TPSA) is 145 Å². The first kappa shape index (κ1) is 28.0. The molecule has 1 amide bonds. The Morgan fingerprint density at radius 3 is 2.62 bits per heavy atom. The van der Waals surface area contributed by atoms with Crippen LogP contribution in [-0.4, -0.2) is 51.4 Å². The first-order valence-corrected chi connectivity index (χ1v) is 12.5. The van der Waals surface area contributed by atoms with Crippen molar-refractivity contribution in [1.29, 1.82) is 0 Å². The fourth-order valence-electron chi connectivity index (χ4n) is 4.46. The van der Waals surface area contributed by atoms with Crippen LogP contribution >= 0.6 is 0 Å². The van der Waals surface area contributed by atoms with Crippen LogP contribution in [0.4, 0.5) is 11.5 Å². The maximum atomic E-state index is 13.0. The number of carbonyl (C=O) groups is 1. The predicted molar refractivity (Wildman–Crippen MR) is 147 cm³/mol. The summed E-state index contributed by atoms with van der Waals surface area (Å²) in [4.78, 5) is 15.5. The predicted octanol–water partition coefficient (Wildman–Crippen LogP) is 3.93. The fourth-order valence-corrected chi connectivity index (χ4v) is 4.46. The largest absolute Gasteiger partial charge is 0.489 e. The number of hydrogen-bond donors (Lipinski definition) is 4. The van der Waals surface area contributed by atoms with Gasteiger partial charge in [0.15, 0.2) is 0 Å². The average Bonchev–Trinajstić information content (AvgIpc) is 3.34. The van der Waals surface area contributed by atoms with Crippen LogP contribution in [0.25, 0.3) is 11.8 Å².